The smallest absolute Gasteiger partial charge is 0.326 e. The summed E-state index contributed by atoms with van der Waals surface area (Å²) in [5.41, 5.74) is -1.38. The van der Waals surface area contributed by atoms with Crippen LogP contribution in [0.5, 0.6) is 0 Å². The molecule has 0 bridgehead atoms. The molecule has 1 aromatic heterocycles. The standard InChI is InChI=1S/C11H16N2O4/c1-3-4-7-17-9(14)8-13-6-5-12(2)10(15)11(13)16/h5-6H,3-4,7-8H2,1-2H3. The van der Waals surface area contributed by atoms with Crippen LogP contribution in [0.4, 0.5) is 0 Å². The highest BCUT2D eigenvalue weighted by Gasteiger charge is 2.08. The number of carbonyl (C=O) groups excluding carboxylic acids is 1. The van der Waals surface area contributed by atoms with Gasteiger partial charge in [-0.25, -0.2) is 0 Å². The number of hydrogen-bond acceptors (Lipinski definition) is 4. The van der Waals surface area contributed by atoms with Crippen molar-refractivity contribution in [2.45, 2.75) is 26.3 Å². The van der Waals surface area contributed by atoms with Gasteiger partial charge in [0, 0.05) is 19.4 Å². The lowest BCUT2D eigenvalue weighted by Crippen LogP contribution is -2.40. The highest BCUT2D eigenvalue weighted by atomic mass is 16.5. The maximum atomic E-state index is 11.5. The molecular weight excluding hydrogens is 224 g/mol. The quantitative estimate of drug-likeness (QED) is 0.409. The molecule has 0 radical (unpaired) electrons. The van der Waals surface area contributed by atoms with Crippen molar-refractivity contribution >= 4 is 5.97 Å². The van der Waals surface area contributed by atoms with Gasteiger partial charge in [-0.3, -0.25) is 19.0 Å². The van der Waals surface area contributed by atoms with Crippen LogP contribution in [-0.4, -0.2) is 21.7 Å². The number of aromatic nitrogens is 2. The van der Waals surface area contributed by atoms with E-state index in [1.165, 1.54) is 24.0 Å². The minimum absolute atomic E-state index is 0.224. The van der Waals surface area contributed by atoms with E-state index in [9.17, 15) is 14.4 Å². The molecule has 0 aliphatic carbocycles. The minimum atomic E-state index is -0.720. The van der Waals surface area contributed by atoms with Gasteiger partial charge < -0.3 is 9.30 Å². The van der Waals surface area contributed by atoms with E-state index in [1.54, 1.807) is 0 Å². The van der Waals surface area contributed by atoms with Crippen LogP contribution in [-0.2, 0) is 23.1 Å². The molecule has 6 nitrogen and oxygen atoms in total. The van der Waals surface area contributed by atoms with Crippen LogP contribution in [0.1, 0.15) is 19.8 Å². The molecule has 6 heteroatoms. The van der Waals surface area contributed by atoms with Gasteiger partial charge in [0.05, 0.1) is 6.61 Å². The van der Waals surface area contributed by atoms with Crippen molar-refractivity contribution in [3.8, 4) is 0 Å². The zero-order chi connectivity index (χ0) is 12.8. The van der Waals surface area contributed by atoms with Crippen LogP contribution in [0.15, 0.2) is 22.0 Å². The van der Waals surface area contributed by atoms with Gasteiger partial charge in [-0.1, -0.05) is 13.3 Å². The van der Waals surface area contributed by atoms with Gasteiger partial charge in [0.2, 0.25) is 0 Å². The molecule has 0 aliphatic heterocycles. The van der Waals surface area contributed by atoms with Crippen molar-refractivity contribution in [3.63, 3.8) is 0 Å². The second kappa shape index (κ2) is 6.03. The molecule has 0 spiro atoms. The molecule has 0 amide bonds. The Kier molecular flexibility index (Phi) is 4.68. The number of unbranched alkanes of at least 4 members (excludes halogenated alkanes) is 1. The van der Waals surface area contributed by atoms with Crippen LogP contribution < -0.4 is 11.1 Å². The van der Waals surface area contributed by atoms with E-state index >= 15 is 0 Å². The molecule has 0 unspecified atom stereocenters. The number of aryl methyl sites for hydroxylation is 1. The van der Waals surface area contributed by atoms with Crippen molar-refractivity contribution in [1.29, 1.82) is 0 Å². The first-order valence-corrected chi connectivity index (χ1v) is 5.48. The molecule has 17 heavy (non-hydrogen) atoms. The molecule has 1 rings (SSSR count). The van der Waals surface area contributed by atoms with Crippen molar-refractivity contribution in [3.05, 3.63) is 33.1 Å². The summed E-state index contributed by atoms with van der Waals surface area (Å²) in [7, 11) is 1.48. The average Bonchev–Trinajstić information content (AvgIpc) is 2.30. The van der Waals surface area contributed by atoms with Gasteiger partial charge in [0.1, 0.15) is 6.54 Å². The van der Waals surface area contributed by atoms with Crippen LogP contribution in [0.2, 0.25) is 0 Å². The fourth-order valence-electron chi connectivity index (χ4n) is 1.23. The lowest BCUT2D eigenvalue weighted by molar-refractivity contribution is -0.144. The third-order valence-corrected chi connectivity index (χ3v) is 2.29. The zero-order valence-corrected chi connectivity index (χ0v) is 10.0. The van der Waals surface area contributed by atoms with Crippen molar-refractivity contribution in [1.82, 2.24) is 9.13 Å². The molecule has 0 fully saturated rings. The van der Waals surface area contributed by atoms with Crippen molar-refractivity contribution in [2.75, 3.05) is 6.61 Å². The Morgan fingerprint density at radius 2 is 2.00 bits per heavy atom. The topological polar surface area (TPSA) is 70.3 Å². The van der Waals surface area contributed by atoms with E-state index < -0.39 is 17.1 Å². The van der Waals surface area contributed by atoms with E-state index in [2.05, 4.69) is 0 Å². The molecule has 1 aromatic rings. The molecular formula is C11H16N2O4. The monoisotopic (exact) mass is 240 g/mol. The molecule has 1 heterocycles. The van der Waals surface area contributed by atoms with Crippen LogP contribution in [0.3, 0.4) is 0 Å². The second-order valence-electron chi connectivity index (χ2n) is 3.72. The molecule has 94 valence electrons. The van der Waals surface area contributed by atoms with Gasteiger partial charge in [0.25, 0.3) is 0 Å². The molecule has 0 saturated carbocycles. The normalized spacial score (nSPS) is 10.2. The molecule has 0 aromatic carbocycles. The number of carbonyl (C=O) groups is 1. The lowest BCUT2D eigenvalue weighted by atomic mass is 10.4. The number of hydrogen-bond donors (Lipinski definition) is 0. The fraction of sp³-hybridized carbons (Fsp3) is 0.545. The van der Waals surface area contributed by atoms with Crippen LogP contribution in [0.25, 0.3) is 0 Å². The predicted octanol–water partition coefficient (Wildman–Crippen LogP) is -0.110. The summed E-state index contributed by atoms with van der Waals surface area (Å²) in [5.74, 6) is -0.506. The van der Waals surface area contributed by atoms with Gasteiger partial charge in [-0.15, -0.1) is 0 Å². The third-order valence-electron chi connectivity index (χ3n) is 2.29. The Bertz CT molecular complexity index is 501. The first kappa shape index (κ1) is 13.2. The number of ether oxygens (including phenoxy) is 1. The van der Waals surface area contributed by atoms with E-state index in [-0.39, 0.29) is 6.54 Å². The first-order valence-electron chi connectivity index (χ1n) is 5.48. The van der Waals surface area contributed by atoms with E-state index in [1.807, 2.05) is 6.92 Å². The van der Waals surface area contributed by atoms with Gasteiger partial charge in [-0.2, -0.15) is 0 Å². The van der Waals surface area contributed by atoms with Gasteiger partial charge in [0.15, 0.2) is 0 Å². The highest BCUT2D eigenvalue weighted by molar-refractivity contribution is 5.69. The third kappa shape index (κ3) is 3.58. The Balaban J connectivity index is 2.70. The molecule has 0 N–H and O–H groups in total. The van der Waals surface area contributed by atoms with Crippen molar-refractivity contribution < 1.29 is 9.53 Å². The van der Waals surface area contributed by atoms with Gasteiger partial charge >= 0.3 is 17.1 Å². The van der Waals surface area contributed by atoms with Gasteiger partial charge in [-0.05, 0) is 6.42 Å². The summed E-state index contributed by atoms with van der Waals surface area (Å²) in [6, 6.07) is 0. The SMILES string of the molecule is CCCCOC(=O)Cn1ccn(C)c(=O)c1=O. The number of esters is 1. The summed E-state index contributed by atoms with van der Waals surface area (Å²) in [5, 5.41) is 0. The predicted molar refractivity (Wildman–Crippen MR) is 61.8 cm³/mol. The zero-order valence-electron chi connectivity index (χ0n) is 10.0. The molecule has 0 atom stereocenters. The summed E-state index contributed by atoms with van der Waals surface area (Å²) < 4.78 is 7.12. The van der Waals surface area contributed by atoms with Crippen molar-refractivity contribution in [2.24, 2.45) is 7.05 Å². The van der Waals surface area contributed by atoms with Crippen LogP contribution in [0, 0.1) is 0 Å². The Hall–Kier alpha value is -1.85. The first-order chi connectivity index (χ1) is 8.06. The summed E-state index contributed by atoms with van der Waals surface area (Å²) >= 11 is 0. The van der Waals surface area contributed by atoms with E-state index in [4.69, 9.17) is 4.74 Å². The number of rotatable bonds is 5. The minimum Gasteiger partial charge on any atom is -0.464 e. The number of nitrogens with zero attached hydrogens (tertiary/aromatic N) is 2. The Labute approximate surface area is 98.4 Å². The summed E-state index contributed by atoms with van der Waals surface area (Å²) in [6.45, 7) is 2.10. The Morgan fingerprint density at radius 3 is 2.65 bits per heavy atom. The maximum Gasteiger partial charge on any atom is 0.326 e. The summed E-state index contributed by atoms with van der Waals surface area (Å²) in [4.78, 5) is 34.1. The largest absolute Gasteiger partial charge is 0.464 e. The molecule has 0 aliphatic rings. The van der Waals surface area contributed by atoms with E-state index in [0.717, 1.165) is 17.4 Å². The maximum absolute atomic E-state index is 11.5. The molecule has 0 saturated heterocycles. The van der Waals surface area contributed by atoms with E-state index in [0.29, 0.717) is 6.61 Å². The lowest BCUT2D eigenvalue weighted by Gasteiger charge is -2.06. The Morgan fingerprint density at radius 1 is 1.29 bits per heavy atom. The second-order valence-corrected chi connectivity index (χ2v) is 3.72. The van der Waals surface area contributed by atoms with Crippen LogP contribution >= 0.6 is 0 Å². The average molecular weight is 240 g/mol. The highest BCUT2D eigenvalue weighted by Crippen LogP contribution is 1.90. The fourth-order valence-corrected chi connectivity index (χ4v) is 1.23. The summed E-state index contributed by atoms with van der Waals surface area (Å²) in [6.07, 6.45) is 4.55.